The molecule has 4 heteroatoms. The number of carbonyl (C=O) groups is 1. The number of hydrogen-bond donors (Lipinski definition) is 1. The molecule has 0 spiro atoms. The Morgan fingerprint density at radius 3 is 2.86 bits per heavy atom. The lowest BCUT2D eigenvalue weighted by Crippen LogP contribution is -2.49. The molecule has 0 aromatic carbocycles. The van der Waals surface area contributed by atoms with E-state index in [0.29, 0.717) is 6.04 Å². The van der Waals surface area contributed by atoms with Crippen molar-refractivity contribution < 1.29 is 9.90 Å². The van der Waals surface area contributed by atoms with Gasteiger partial charge in [0.15, 0.2) is 0 Å². The molecule has 1 fully saturated rings. The van der Waals surface area contributed by atoms with Gasteiger partial charge in [-0.3, -0.25) is 4.90 Å². The van der Waals surface area contributed by atoms with E-state index in [1.807, 2.05) is 0 Å². The summed E-state index contributed by atoms with van der Waals surface area (Å²) in [6.45, 7) is 6.02. The van der Waals surface area contributed by atoms with Gasteiger partial charge < -0.3 is 10.0 Å². The van der Waals surface area contributed by atoms with Crippen molar-refractivity contribution in [3.8, 4) is 0 Å². The molecule has 0 aromatic heterocycles. The molecule has 1 unspecified atom stereocenters. The highest BCUT2D eigenvalue weighted by Crippen LogP contribution is 2.06. The predicted molar refractivity (Wildman–Crippen MR) is 55.3 cm³/mol. The molecule has 1 atom stereocenters. The zero-order valence-electron chi connectivity index (χ0n) is 8.81. The van der Waals surface area contributed by atoms with Crippen molar-refractivity contribution in [3.63, 3.8) is 0 Å². The summed E-state index contributed by atoms with van der Waals surface area (Å²) < 4.78 is 0. The van der Waals surface area contributed by atoms with E-state index in [2.05, 4.69) is 23.8 Å². The van der Waals surface area contributed by atoms with Gasteiger partial charge in [0.05, 0.1) is 0 Å². The molecule has 1 saturated heterocycles. The molecule has 1 rings (SSSR count). The van der Waals surface area contributed by atoms with E-state index in [4.69, 9.17) is 5.11 Å². The lowest BCUT2D eigenvalue weighted by atomic mass is 10.2. The maximum atomic E-state index is 10.2. The normalized spacial score (nSPS) is 25.7. The van der Waals surface area contributed by atoms with Crippen LogP contribution >= 0.6 is 0 Å². The van der Waals surface area contributed by atoms with E-state index < -0.39 is 5.97 Å². The molecule has 0 amide bonds. The van der Waals surface area contributed by atoms with Crippen molar-refractivity contribution >= 4 is 5.97 Å². The summed E-state index contributed by atoms with van der Waals surface area (Å²) >= 11 is 0. The van der Waals surface area contributed by atoms with E-state index in [0.717, 1.165) is 26.2 Å². The van der Waals surface area contributed by atoms with Gasteiger partial charge in [-0.05, 0) is 14.0 Å². The molecule has 0 radical (unpaired) electrons. The highest BCUT2D eigenvalue weighted by Gasteiger charge is 2.19. The standard InChI is InChI=1S/C10H18N2O2/c1-9-8-12(7-6-11(9)2)5-3-4-10(13)14/h3-4,9H,5-8H2,1-2H3,(H,13,14). The molecular weight excluding hydrogens is 180 g/mol. The van der Waals surface area contributed by atoms with Crippen LogP contribution in [0.3, 0.4) is 0 Å². The Labute approximate surface area is 84.8 Å². The number of likely N-dealkylation sites (N-methyl/N-ethyl adjacent to an activating group) is 1. The first-order valence-corrected chi connectivity index (χ1v) is 4.91. The number of piperazine rings is 1. The number of hydrogen-bond acceptors (Lipinski definition) is 3. The Hall–Kier alpha value is -0.870. The fourth-order valence-electron chi connectivity index (χ4n) is 1.59. The lowest BCUT2D eigenvalue weighted by Gasteiger charge is -2.37. The van der Waals surface area contributed by atoms with Crippen LogP contribution in [0.15, 0.2) is 12.2 Å². The van der Waals surface area contributed by atoms with Crippen LogP contribution < -0.4 is 0 Å². The van der Waals surface area contributed by atoms with E-state index in [1.165, 1.54) is 6.08 Å². The third kappa shape index (κ3) is 3.47. The molecule has 1 aliphatic rings. The van der Waals surface area contributed by atoms with Crippen molar-refractivity contribution in [1.82, 2.24) is 9.80 Å². The fourth-order valence-corrected chi connectivity index (χ4v) is 1.59. The summed E-state index contributed by atoms with van der Waals surface area (Å²) in [5.74, 6) is -0.868. The maximum Gasteiger partial charge on any atom is 0.328 e. The average molecular weight is 198 g/mol. The number of carboxylic acid groups (broad SMARTS) is 1. The van der Waals surface area contributed by atoms with Crippen LogP contribution in [0.5, 0.6) is 0 Å². The summed E-state index contributed by atoms with van der Waals surface area (Å²) in [5.41, 5.74) is 0. The van der Waals surface area contributed by atoms with Crippen LogP contribution in [-0.2, 0) is 4.79 Å². The maximum absolute atomic E-state index is 10.2. The zero-order valence-corrected chi connectivity index (χ0v) is 8.81. The summed E-state index contributed by atoms with van der Waals surface area (Å²) in [7, 11) is 2.12. The minimum absolute atomic E-state index is 0.557. The Morgan fingerprint density at radius 1 is 1.57 bits per heavy atom. The highest BCUT2D eigenvalue weighted by atomic mass is 16.4. The first-order chi connectivity index (χ1) is 6.59. The molecule has 1 N–H and O–H groups in total. The second kappa shape index (κ2) is 5.12. The summed E-state index contributed by atoms with van der Waals surface area (Å²) in [6, 6.07) is 0.557. The van der Waals surface area contributed by atoms with Crippen molar-refractivity contribution in [2.75, 3.05) is 33.2 Å². The third-order valence-electron chi connectivity index (χ3n) is 2.67. The first kappa shape index (κ1) is 11.2. The zero-order chi connectivity index (χ0) is 10.6. The largest absolute Gasteiger partial charge is 0.478 e. The quantitative estimate of drug-likeness (QED) is 0.661. The molecule has 0 aromatic rings. The molecular formula is C10H18N2O2. The van der Waals surface area contributed by atoms with Gasteiger partial charge in [-0.1, -0.05) is 6.08 Å². The van der Waals surface area contributed by atoms with Gasteiger partial charge in [0, 0.05) is 38.3 Å². The molecule has 0 aliphatic carbocycles. The van der Waals surface area contributed by atoms with Gasteiger partial charge in [-0.15, -0.1) is 0 Å². The van der Waals surface area contributed by atoms with Gasteiger partial charge in [0.1, 0.15) is 0 Å². The summed E-state index contributed by atoms with van der Waals surface area (Å²) in [6.07, 6.45) is 2.92. The van der Waals surface area contributed by atoms with Crippen LogP contribution in [-0.4, -0.2) is 60.1 Å². The van der Waals surface area contributed by atoms with Crippen molar-refractivity contribution in [2.45, 2.75) is 13.0 Å². The van der Waals surface area contributed by atoms with Gasteiger partial charge in [0.2, 0.25) is 0 Å². The molecule has 0 bridgehead atoms. The van der Waals surface area contributed by atoms with Crippen LogP contribution in [0, 0.1) is 0 Å². The minimum Gasteiger partial charge on any atom is -0.478 e. The van der Waals surface area contributed by atoms with Crippen LogP contribution in [0.4, 0.5) is 0 Å². The van der Waals surface area contributed by atoms with Crippen molar-refractivity contribution in [3.05, 3.63) is 12.2 Å². The number of aliphatic carboxylic acids is 1. The average Bonchev–Trinajstić information content (AvgIpc) is 2.10. The lowest BCUT2D eigenvalue weighted by molar-refractivity contribution is -0.131. The van der Waals surface area contributed by atoms with Crippen LogP contribution in [0.2, 0.25) is 0 Å². The fraction of sp³-hybridized carbons (Fsp3) is 0.700. The number of carboxylic acids is 1. The van der Waals surface area contributed by atoms with Crippen molar-refractivity contribution in [2.24, 2.45) is 0 Å². The van der Waals surface area contributed by atoms with Crippen LogP contribution in [0.25, 0.3) is 0 Å². The minimum atomic E-state index is -0.868. The van der Waals surface area contributed by atoms with E-state index >= 15 is 0 Å². The van der Waals surface area contributed by atoms with E-state index in [1.54, 1.807) is 6.08 Å². The summed E-state index contributed by atoms with van der Waals surface area (Å²) in [4.78, 5) is 14.8. The third-order valence-corrected chi connectivity index (χ3v) is 2.67. The van der Waals surface area contributed by atoms with Gasteiger partial charge in [0.25, 0.3) is 0 Å². The molecule has 0 saturated carbocycles. The van der Waals surface area contributed by atoms with E-state index in [9.17, 15) is 4.79 Å². The van der Waals surface area contributed by atoms with Gasteiger partial charge in [-0.25, -0.2) is 4.79 Å². The predicted octanol–water partition coefficient (Wildman–Crippen LogP) is 0.263. The summed E-state index contributed by atoms with van der Waals surface area (Å²) in [5, 5.41) is 8.42. The first-order valence-electron chi connectivity index (χ1n) is 4.91. The molecule has 14 heavy (non-hydrogen) atoms. The molecule has 1 aliphatic heterocycles. The molecule has 1 heterocycles. The van der Waals surface area contributed by atoms with Crippen molar-refractivity contribution in [1.29, 1.82) is 0 Å². The molecule has 4 nitrogen and oxygen atoms in total. The van der Waals surface area contributed by atoms with Gasteiger partial charge >= 0.3 is 5.97 Å². The number of nitrogens with zero attached hydrogens (tertiary/aromatic N) is 2. The van der Waals surface area contributed by atoms with Gasteiger partial charge in [-0.2, -0.15) is 0 Å². The van der Waals surface area contributed by atoms with E-state index in [-0.39, 0.29) is 0 Å². The van der Waals surface area contributed by atoms with Crippen LogP contribution in [0.1, 0.15) is 6.92 Å². The Bertz CT molecular complexity index is 228. The molecule has 80 valence electrons. The topological polar surface area (TPSA) is 43.8 Å². The monoisotopic (exact) mass is 198 g/mol. The smallest absolute Gasteiger partial charge is 0.328 e. The highest BCUT2D eigenvalue weighted by molar-refractivity contribution is 5.79. The Balaban J connectivity index is 2.30. The Kier molecular flexibility index (Phi) is 4.10. The second-order valence-electron chi connectivity index (χ2n) is 3.83. The number of rotatable bonds is 3. The Morgan fingerprint density at radius 2 is 2.29 bits per heavy atom. The second-order valence-corrected chi connectivity index (χ2v) is 3.83. The SMILES string of the molecule is CC1CN(CC=CC(=O)O)CCN1C.